The lowest BCUT2D eigenvalue weighted by molar-refractivity contribution is -0.148. The highest BCUT2D eigenvalue weighted by atomic mass is 35.5. The lowest BCUT2D eigenvalue weighted by Crippen LogP contribution is -2.35. The third-order valence-corrected chi connectivity index (χ3v) is 2.85. The topological polar surface area (TPSA) is 51.2 Å². The van der Waals surface area contributed by atoms with Crippen LogP contribution in [-0.4, -0.2) is 24.7 Å². The average Bonchev–Trinajstić information content (AvgIpc) is 2.15. The Kier molecular flexibility index (Phi) is 3.59. The fraction of sp³-hybridized carbons (Fsp3) is 0.250. The van der Waals surface area contributed by atoms with E-state index in [1.807, 2.05) is 0 Å². The van der Waals surface area contributed by atoms with Crippen LogP contribution in [0.5, 0.6) is 0 Å². The zero-order valence-corrected chi connectivity index (χ0v) is 9.03. The van der Waals surface area contributed by atoms with Crippen molar-refractivity contribution in [3.05, 3.63) is 23.8 Å². The summed E-state index contributed by atoms with van der Waals surface area (Å²) in [4.78, 5) is 9.86. The van der Waals surface area contributed by atoms with E-state index in [4.69, 9.17) is 11.6 Å². The van der Waals surface area contributed by atoms with Gasteiger partial charge in [-0.1, -0.05) is 12.2 Å². The lowest BCUT2D eigenvalue weighted by Gasteiger charge is -2.21. The fourth-order valence-corrected chi connectivity index (χ4v) is 2.08. The molecule has 1 rings (SSSR count). The first-order valence-corrected chi connectivity index (χ1v) is 5.31. The summed E-state index contributed by atoms with van der Waals surface area (Å²) in [6, 6.07) is 0. The van der Waals surface area contributed by atoms with Gasteiger partial charge in [-0.3, -0.25) is 4.79 Å². The molecular weight excluding hydrogens is 269 g/mol. The molecule has 1 aliphatic carbocycles. The van der Waals surface area contributed by atoms with Crippen molar-refractivity contribution in [3.63, 3.8) is 0 Å². The van der Waals surface area contributed by atoms with E-state index >= 15 is 0 Å². The van der Waals surface area contributed by atoms with Crippen molar-refractivity contribution in [2.75, 3.05) is 0 Å². The summed E-state index contributed by atoms with van der Waals surface area (Å²) in [5.41, 5.74) is -0.795. The van der Waals surface area contributed by atoms with Gasteiger partial charge in [0.2, 0.25) is 15.5 Å². The summed E-state index contributed by atoms with van der Waals surface area (Å²) in [6.45, 7) is 0. The van der Waals surface area contributed by atoms with Gasteiger partial charge in [0, 0.05) is 5.57 Å². The molecule has 1 aliphatic rings. The molecule has 0 aromatic rings. The second kappa shape index (κ2) is 4.42. The van der Waals surface area contributed by atoms with E-state index in [1.54, 1.807) is 0 Å². The molecule has 0 fully saturated rings. The monoisotopic (exact) mass is 272 g/mol. The van der Waals surface area contributed by atoms with Gasteiger partial charge in [-0.15, -0.1) is 0 Å². The Morgan fingerprint density at radius 2 is 1.94 bits per heavy atom. The van der Waals surface area contributed by atoms with Gasteiger partial charge in [0.15, 0.2) is 0 Å². The minimum absolute atomic E-state index is 0.782. The Morgan fingerprint density at radius 3 is 2.31 bits per heavy atom. The van der Waals surface area contributed by atoms with Crippen LogP contribution in [0.1, 0.15) is 0 Å². The predicted molar refractivity (Wildman–Crippen MR) is 51.6 cm³/mol. The highest BCUT2D eigenvalue weighted by molar-refractivity contribution is 7.73. The van der Waals surface area contributed by atoms with Crippen molar-refractivity contribution >= 4 is 32.0 Å². The molecule has 0 aromatic heterocycles. The van der Waals surface area contributed by atoms with Crippen molar-refractivity contribution in [2.24, 2.45) is 5.92 Å². The van der Waals surface area contributed by atoms with Gasteiger partial charge in [-0.25, -0.2) is 0 Å². The van der Waals surface area contributed by atoms with E-state index in [0.29, 0.717) is 0 Å². The summed E-state index contributed by atoms with van der Waals surface area (Å²) in [5.74, 6) is -2.49. The number of carbonyl (C=O) groups is 1. The number of hydrogen-bond acceptors (Lipinski definition) is 3. The number of allylic oxidation sites excluding steroid dienone is 4. The van der Waals surface area contributed by atoms with Crippen LogP contribution in [0.25, 0.3) is 0 Å². The van der Waals surface area contributed by atoms with Gasteiger partial charge in [-0.2, -0.15) is 21.6 Å². The molecular formula is C8H4ClF3O3S. The van der Waals surface area contributed by atoms with E-state index < -0.39 is 38.1 Å². The van der Waals surface area contributed by atoms with Gasteiger partial charge in [0.25, 0.3) is 0 Å². The zero-order valence-electron chi connectivity index (χ0n) is 7.45. The molecule has 0 aliphatic heterocycles. The van der Waals surface area contributed by atoms with Crippen LogP contribution in [0.4, 0.5) is 13.2 Å². The molecule has 0 radical (unpaired) electrons. The third-order valence-electron chi connectivity index (χ3n) is 1.88. The maximum atomic E-state index is 12.6. The third kappa shape index (κ3) is 2.53. The maximum Gasteiger partial charge on any atom is 0.400 e. The van der Waals surface area contributed by atoms with Crippen molar-refractivity contribution < 1.29 is 26.4 Å². The van der Waals surface area contributed by atoms with E-state index in [0.717, 1.165) is 18.2 Å². The summed E-state index contributed by atoms with van der Waals surface area (Å²) in [6.07, 6.45) is -2.21. The largest absolute Gasteiger partial charge is 0.400 e. The van der Waals surface area contributed by atoms with Gasteiger partial charge in [-0.05, 0) is 17.7 Å². The summed E-state index contributed by atoms with van der Waals surface area (Å²) in [7, 11) is -3.06. The van der Waals surface area contributed by atoms with Crippen LogP contribution in [0.2, 0.25) is 0 Å². The first-order chi connectivity index (χ1) is 7.25. The molecule has 16 heavy (non-hydrogen) atoms. The lowest BCUT2D eigenvalue weighted by atomic mass is 9.91. The SMILES string of the molecule is O=C(Cl)C1=CC=CC(=S(=O)=O)C1C(F)(F)F. The van der Waals surface area contributed by atoms with E-state index in [-0.39, 0.29) is 0 Å². The summed E-state index contributed by atoms with van der Waals surface area (Å²) < 4.78 is 59.0. The normalized spacial score (nSPS) is 20.6. The number of hydrogen-bond donors (Lipinski definition) is 0. The Labute approximate surface area is 94.7 Å². The van der Waals surface area contributed by atoms with Crippen LogP contribution >= 0.6 is 11.6 Å². The summed E-state index contributed by atoms with van der Waals surface area (Å²) in [5, 5.41) is -1.32. The van der Waals surface area contributed by atoms with Crippen molar-refractivity contribution in [1.29, 1.82) is 0 Å². The number of alkyl halides is 3. The first kappa shape index (κ1) is 13.0. The molecule has 0 saturated carbocycles. The minimum Gasteiger partial charge on any atom is -0.276 e. The van der Waals surface area contributed by atoms with Crippen LogP contribution in [0.3, 0.4) is 0 Å². The highest BCUT2D eigenvalue weighted by Crippen LogP contribution is 2.36. The predicted octanol–water partition coefficient (Wildman–Crippen LogP) is 1.48. The highest BCUT2D eigenvalue weighted by Gasteiger charge is 2.47. The number of rotatable bonds is 1. The molecule has 0 heterocycles. The molecule has 1 atom stereocenters. The Balaban J connectivity index is 3.44. The molecule has 0 spiro atoms. The van der Waals surface area contributed by atoms with Gasteiger partial charge < -0.3 is 0 Å². The quantitative estimate of drug-likeness (QED) is 0.537. The summed E-state index contributed by atoms with van der Waals surface area (Å²) >= 11 is 4.97. The molecule has 0 amide bonds. The maximum absolute atomic E-state index is 12.6. The molecule has 1 unspecified atom stereocenters. The first-order valence-electron chi connectivity index (χ1n) is 3.86. The Bertz CT molecular complexity index is 505. The Morgan fingerprint density at radius 1 is 1.38 bits per heavy atom. The zero-order chi connectivity index (χ0) is 12.5. The fourth-order valence-electron chi connectivity index (χ4n) is 1.26. The smallest absolute Gasteiger partial charge is 0.276 e. The van der Waals surface area contributed by atoms with Gasteiger partial charge in [0.1, 0.15) is 5.92 Å². The van der Waals surface area contributed by atoms with E-state index in [1.165, 1.54) is 0 Å². The van der Waals surface area contributed by atoms with Crippen LogP contribution in [0, 0.1) is 5.92 Å². The molecule has 8 heteroatoms. The standard InChI is InChI=1S/C8H4ClF3O3S/c9-7(13)4-2-1-3-5(16(14)15)6(4)8(10,11)12/h1-3,6H. The molecule has 0 N–H and O–H groups in total. The van der Waals surface area contributed by atoms with Gasteiger partial charge >= 0.3 is 6.18 Å². The van der Waals surface area contributed by atoms with Crippen molar-refractivity contribution in [1.82, 2.24) is 0 Å². The van der Waals surface area contributed by atoms with Crippen molar-refractivity contribution in [3.8, 4) is 0 Å². The second-order valence-corrected chi connectivity index (χ2v) is 4.15. The van der Waals surface area contributed by atoms with Crippen molar-refractivity contribution in [2.45, 2.75) is 6.18 Å². The van der Waals surface area contributed by atoms with Crippen LogP contribution < -0.4 is 0 Å². The molecule has 88 valence electrons. The molecule has 0 saturated heterocycles. The second-order valence-electron chi connectivity index (χ2n) is 2.87. The van der Waals surface area contributed by atoms with Gasteiger partial charge in [0.05, 0.1) is 4.86 Å². The molecule has 0 aromatic carbocycles. The number of halogens is 4. The van der Waals surface area contributed by atoms with E-state index in [2.05, 4.69) is 0 Å². The molecule has 3 nitrogen and oxygen atoms in total. The van der Waals surface area contributed by atoms with Crippen LogP contribution in [-0.2, 0) is 15.1 Å². The minimum atomic E-state index is -4.88. The molecule has 0 bridgehead atoms. The van der Waals surface area contributed by atoms with Crippen LogP contribution in [0.15, 0.2) is 23.8 Å². The Hall–Kier alpha value is -1.08. The average molecular weight is 273 g/mol. The number of carbonyl (C=O) groups excluding carboxylic acids is 1. The van der Waals surface area contributed by atoms with E-state index in [9.17, 15) is 26.4 Å².